The van der Waals surface area contributed by atoms with Crippen LogP contribution in [-0.4, -0.2) is 35.6 Å². The van der Waals surface area contributed by atoms with Crippen LogP contribution in [0.3, 0.4) is 0 Å². The lowest BCUT2D eigenvalue weighted by atomic mass is 9.94. The van der Waals surface area contributed by atoms with Crippen LogP contribution < -0.4 is 5.32 Å². The zero-order chi connectivity index (χ0) is 12.9. The summed E-state index contributed by atoms with van der Waals surface area (Å²) in [7, 11) is 0. The number of unbranched alkanes of at least 4 members (excludes halogenated alkanes) is 2. The fourth-order valence-electron chi connectivity index (χ4n) is 2.90. The third-order valence-corrected chi connectivity index (χ3v) is 4.13. The van der Waals surface area contributed by atoms with E-state index in [1.54, 1.807) is 0 Å². The van der Waals surface area contributed by atoms with E-state index in [1.807, 2.05) is 0 Å². The van der Waals surface area contributed by atoms with Gasteiger partial charge in [0, 0.05) is 30.7 Å². The summed E-state index contributed by atoms with van der Waals surface area (Å²) < 4.78 is 0. The summed E-state index contributed by atoms with van der Waals surface area (Å²) in [6.45, 7) is 14.0. The number of nitrogens with one attached hydrogen (secondary N) is 1. The van der Waals surface area contributed by atoms with Crippen molar-refractivity contribution in [2.24, 2.45) is 0 Å². The third-order valence-electron chi connectivity index (χ3n) is 4.13. The first kappa shape index (κ1) is 15.0. The molecule has 1 heterocycles. The van der Waals surface area contributed by atoms with E-state index in [1.165, 1.54) is 38.6 Å². The van der Waals surface area contributed by atoms with Gasteiger partial charge in [0.2, 0.25) is 0 Å². The Hall–Kier alpha value is -0.0800. The molecule has 2 nitrogen and oxygen atoms in total. The zero-order valence-corrected chi connectivity index (χ0v) is 12.6. The molecule has 0 spiro atoms. The predicted octanol–water partition coefficient (Wildman–Crippen LogP) is 3.42. The molecule has 1 rings (SSSR count). The molecule has 0 aromatic heterocycles. The van der Waals surface area contributed by atoms with E-state index >= 15 is 0 Å². The van der Waals surface area contributed by atoms with Crippen molar-refractivity contribution in [3.05, 3.63) is 0 Å². The fourth-order valence-corrected chi connectivity index (χ4v) is 2.90. The molecule has 0 saturated carbocycles. The maximum absolute atomic E-state index is 3.67. The molecular formula is C15H32N2. The molecule has 2 unspecified atom stereocenters. The quantitative estimate of drug-likeness (QED) is 0.716. The molecule has 0 aromatic rings. The summed E-state index contributed by atoms with van der Waals surface area (Å²) in [4.78, 5) is 2.74. The summed E-state index contributed by atoms with van der Waals surface area (Å²) in [5.41, 5.74) is 0.282. The van der Waals surface area contributed by atoms with Gasteiger partial charge in [-0.05, 0) is 33.6 Å². The lowest BCUT2D eigenvalue weighted by molar-refractivity contribution is 0.0542. The molecule has 1 aliphatic heterocycles. The van der Waals surface area contributed by atoms with Crippen LogP contribution in [0.25, 0.3) is 0 Å². The first-order valence-electron chi connectivity index (χ1n) is 7.51. The van der Waals surface area contributed by atoms with E-state index < -0.39 is 0 Å². The lowest BCUT2D eigenvalue weighted by Gasteiger charge is -2.47. The van der Waals surface area contributed by atoms with Crippen LogP contribution in [0.15, 0.2) is 0 Å². The first-order chi connectivity index (χ1) is 8.00. The second kappa shape index (κ2) is 6.75. The van der Waals surface area contributed by atoms with Crippen molar-refractivity contribution in [1.82, 2.24) is 10.2 Å². The van der Waals surface area contributed by atoms with Gasteiger partial charge in [-0.2, -0.15) is 0 Å². The van der Waals surface area contributed by atoms with Gasteiger partial charge in [0.25, 0.3) is 0 Å². The smallest absolute Gasteiger partial charge is 0.0253 e. The van der Waals surface area contributed by atoms with Crippen molar-refractivity contribution in [2.75, 3.05) is 13.1 Å². The normalized spacial score (nSPS) is 27.0. The maximum Gasteiger partial charge on any atom is 0.0253 e. The van der Waals surface area contributed by atoms with Crippen molar-refractivity contribution in [2.45, 2.75) is 84.3 Å². The van der Waals surface area contributed by atoms with E-state index in [-0.39, 0.29) is 5.54 Å². The van der Waals surface area contributed by atoms with E-state index in [2.05, 4.69) is 44.8 Å². The van der Waals surface area contributed by atoms with Gasteiger partial charge in [-0.15, -0.1) is 0 Å². The summed E-state index contributed by atoms with van der Waals surface area (Å²) in [6.07, 6.45) is 6.73. The van der Waals surface area contributed by atoms with Crippen molar-refractivity contribution in [3.63, 3.8) is 0 Å². The minimum absolute atomic E-state index is 0.282. The second-order valence-corrected chi connectivity index (χ2v) is 6.34. The number of hydrogen-bond acceptors (Lipinski definition) is 2. The number of nitrogens with zero attached hydrogens (tertiary/aromatic N) is 1. The van der Waals surface area contributed by atoms with Gasteiger partial charge in [-0.25, -0.2) is 0 Å². The standard InChI is InChI=1S/C15H32N2/c1-6-8-9-10-13(3)17-12-15(4,5)16-11-14(17)7-2/h13-14,16H,6-12H2,1-5H3. The predicted molar refractivity (Wildman–Crippen MR) is 76.5 cm³/mol. The van der Waals surface area contributed by atoms with Crippen molar-refractivity contribution in [1.29, 1.82) is 0 Å². The Kier molecular flexibility index (Phi) is 5.94. The first-order valence-corrected chi connectivity index (χ1v) is 7.51. The number of rotatable bonds is 6. The highest BCUT2D eigenvalue weighted by atomic mass is 15.3. The van der Waals surface area contributed by atoms with Gasteiger partial charge in [0.05, 0.1) is 0 Å². The van der Waals surface area contributed by atoms with Gasteiger partial charge in [-0.3, -0.25) is 4.90 Å². The molecule has 102 valence electrons. The average molecular weight is 240 g/mol. The molecule has 1 saturated heterocycles. The Morgan fingerprint density at radius 3 is 2.59 bits per heavy atom. The van der Waals surface area contributed by atoms with Gasteiger partial charge in [0.15, 0.2) is 0 Å². The molecule has 2 atom stereocenters. The van der Waals surface area contributed by atoms with Gasteiger partial charge >= 0.3 is 0 Å². The van der Waals surface area contributed by atoms with Crippen LogP contribution in [0, 0.1) is 0 Å². The van der Waals surface area contributed by atoms with Crippen LogP contribution in [-0.2, 0) is 0 Å². The van der Waals surface area contributed by atoms with E-state index in [9.17, 15) is 0 Å². The Morgan fingerprint density at radius 2 is 2.00 bits per heavy atom. The highest BCUT2D eigenvalue weighted by Crippen LogP contribution is 2.22. The second-order valence-electron chi connectivity index (χ2n) is 6.34. The minimum Gasteiger partial charge on any atom is -0.309 e. The third kappa shape index (κ3) is 4.59. The fraction of sp³-hybridized carbons (Fsp3) is 1.00. The highest BCUT2D eigenvalue weighted by Gasteiger charge is 2.33. The van der Waals surface area contributed by atoms with Crippen molar-refractivity contribution in [3.8, 4) is 0 Å². The zero-order valence-electron chi connectivity index (χ0n) is 12.6. The van der Waals surface area contributed by atoms with Crippen molar-refractivity contribution >= 4 is 0 Å². The highest BCUT2D eigenvalue weighted by molar-refractivity contribution is 4.93. The van der Waals surface area contributed by atoms with Gasteiger partial charge < -0.3 is 5.32 Å². The van der Waals surface area contributed by atoms with E-state index in [0.29, 0.717) is 0 Å². The minimum atomic E-state index is 0.282. The molecule has 0 radical (unpaired) electrons. The molecule has 0 amide bonds. The Bertz CT molecular complexity index is 213. The lowest BCUT2D eigenvalue weighted by Crippen LogP contribution is -2.63. The monoisotopic (exact) mass is 240 g/mol. The molecule has 1 aliphatic rings. The van der Waals surface area contributed by atoms with E-state index in [0.717, 1.165) is 18.6 Å². The van der Waals surface area contributed by atoms with Crippen LogP contribution in [0.2, 0.25) is 0 Å². The van der Waals surface area contributed by atoms with Gasteiger partial charge in [-0.1, -0.05) is 33.1 Å². The molecule has 1 N–H and O–H groups in total. The molecule has 17 heavy (non-hydrogen) atoms. The molecule has 0 aliphatic carbocycles. The summed E-state index contributed by atoms with van der Waals surface area (Å²) in [5, 5.41) is 3.67. The van der Waals surface area contributed by atoms with Crippen LogP contribution in [0.1, 0.15) is 66.7 Å². The SMILES string of the molecule is CCCCCC(C)N1CC(C)(C)NCC1CC. The van der Waals surface area contributed by atoms with Crippen LogP contribution in [0.5, 0.6) is 0 Å². The molecular weight excluding hydrogens is 208 g/mol. The van der Waals surface area contributed by atoms with Crippen molar-refractivity contribution < 1.29 is 0 Å². The van der Waals surface area contributed by atoms with E-state index in [4.69, 9.17) is 0 Å². The maximum atomic E-state index is 3.67. The summed E-state index contributed by atoms with van der Waals surface area (Å²) >= 11 is 0. The number of piperazine rings is 1. The Labute approximate surface area is 108 Å². The molecule has 1 fully saturated rings. The van der Waals surface area contributed by atoms with Crippen LogP contribution in [0.4, 0.5) is 0 Å². The molecule has 0 bridgehead atoms. The summed E-state index contributed by atoms with van der Waals surface area (Å²) in [5.74, 6) is 0. The molecule has 2 heteroatoms. The Balaban J connectivity index is 2.50. The Morgan fingerprint density at radius 1 is 1.29 bits per heavy atom. The van der Waals surface area contributed by atoms with Crippen LogP contribution >= 0.6 is 0 Å². The molecule has 0 aromatic carbocycles. The average Bonchev–Trinajstić information content (AvgIpc) is 2.28. The summed E-state index contributed by atoms with van der Waals surface area (Å²) in [6, 6.07) is 1.48. The largest absolute Gasteiger partial charge is 0.309 e. The van der Waals surface area contributed by atoms with Gasteiger partial charge in [0.1, 0.15) is 0 Å². The topological polar surface area (TPSA) is 15.3 Å². The number of hydrogen-bond donors (Lipinski definition) is 1.